The monoisotopic (exact) mass is 434 g/mol. The Morgan fingerprint density at radius 2 is 1.87 bits per heavy atom. The van der Waals surface area contributed by atoms with Crippen LogP contribution in [0.3, 0.4) is 0 Å². The number of halogens is 3. The molecule has 1 N–H and O–H groups in total. The molecule has 0 spiro atoms. The van der Waals surface area contributed by atoms with Crippen molar-refractivity contribution in [1.82, 2.24) is 9.78 Å². The van der Waals surface area contributed by atoms with Gasteiger partial charge in [0.1, 0.15) is 11.4 Å². The summed E-state index contributed by atoms with van der Waals surface area (Å²) in [6.45, 7) is 1.48. The summed E-state index contributed by atoms with van der Waals surface area (Å²) in [4.78, 5) is 35.5. The van der Waals surface area contributed by atoms with Crippen LogP contribution >= 0.6 is 0 Å². The normalized spacial score (nSPS) is 11.1. The van der Waals surface area contributed by atoms with Gasteiger partial charge in [-0.15, -0.1) is 13.2 Å². The smallest absolute Gasteiger partial charge is 0.406 e. The number of benzene rings is 2. The number of para-hydroxylation sites is 2. The van der Waals surface area contributed by atoms with Gasteiger partial charge >= 0.3 is 6.36 Å². The number of nitrogens with zero attached hydrogens (tertiary/aromatic N) is 3. The zero-order valence-corrected chi connectivity index (χ0v) is 15.7. The summed E-state index contributed by atoms with van der Waals surface area (Å²) in [6.07, 6.45) is -4.92. The summed E-state index contributed by atoms with van der Waals surface area (Å²) < 4.78 is 42.0. The van der Waals surface area contributed by atoms with Crippen LogP contribution < -0.4 is 15.5 Å². The number of carbonyl (C=O) groups excluding carboxylic acids is 1. The van der Waals surface area contributed by atoms with E-state index in [1.54, 1.807) is 0 Å². The third-order valence-electron chi connectivity index (χ3n) is 3.95. The first-order valence-corrected chi connectivity index (χ1v) is 8.57. The topological polar surface area (TPSA) is 116 Å². The van der Waals surface area contributed by atoms with Gasteiger partial charge in [-0.3, -0.25) is 19.7 Å². The van der Waals surface area contributed by atoms with E-state index in [2.05, 4.69) is 15.2 Å². The van der Waals surface area contributed by atoms with Crippen molar-refractivity contribution in [2.24, 2.45) is 0 Å². The second kappa shape index (κ2) is 8.26. The Bertz CT molecular complexity index is 1220. The lowest BCUT2D eigenvalue weighted by Gasteiger charge is -2.12. The minimum atomic E-state index is -4.92. The van der Waals surface area contributed by atoms with Crippen LogP contribution in [0.25, 0.3) is 5.69 Å². The van der Waals surface area contributed by atoms with E-state index in [1.807, 2.05) is 0 Å². The molecule has 0 fully saturated rings. The van der Waals surface area contributed by atoms with Gasteiger partial charge in [0.15, 0.2) is 5.69 Å². The fourth-order valence-corrected chi connectivity index (χ4v) is 2.71. The predicted molar refractivity (Wildman–Crippen MR) is 102 cm³/mol. The highest BCUT2D eigenvalue weighted by atomic mass is 19.4. The van der Waals surface area contributed by atoms with E-state index in [0.717, 1.165) is 22.9 Å². The van der Waals surface area contributed by atoms with Crippen molar-refractivity contribution >= 4 is 17.3 Å². The number of nitro benzene ring substituents is 1. The number of nitrogens with one attached hydrogen (secondary N) is 1. The van der Waals surface area contributed by atoms with E-state index < -0.39 is 34.1 Å². The molecule has 9 nitrogen and oxygen atoms in total. The Hall–Kier alpha value is -4.22. The molecule has 3 rings (SSSR count). The van der Waals surface area contributed by atoms with E-state index in [4.69, 9.17) is 0 Å². The highest BCUT2D eigenvalue weighted by molar-refractivity contribution is 6.02. The largest absolute Gasteiger partial charge is 0.573 e. The number of nitro groups is 1. The van der Waals surface area contributed by atoms with Crippen LogP contribution in [-0.2, 0) is 0 Å². The van der Waals surface area contributed by atoms with Crippen molar-refractivity contribution in [3.8, 4) is 11.4 Å². The number of hydrogen-bond acceptors (Lipinski definition) is 6. The van der Waals surface area contributed by atoms with Gasteiger partial charge in [0.25, 0.3) is 11.6 Å². The first-order valence-electron chi connectivity index (χ1n) is 8.57. The lowest BCUT2D eigenvalue weighted by Crippen LogP contribution is -2.27. The zero-order valence-electron chi connectivity index (χ0n) is 15.7. The van der Waals surface area contributed by atoms with Gasteiger partial charge in [-0.1, -0.05) is 18.2 Å². The number of aromatic nitrogens is 2. The molecule has 12 heteroatoms. The molecule has 1 heterocycles. The molecule has 0 aliphatic heterocycles. The number of aryl methyl sites for hydroxylation is 1. The van der Waals surface area contributed by atoms with Crippen molar-refractivity contribution in [1.29, 1.82) is 0 Å². The van der Waals surface area contributed by atoms with E-state index in [9.17, 15) is 32.9 Å². The van der Waals surface area contributed by atoms with Crippen LogP contribution in [0.5, 0.6) is 5.75 Å². The van der Waals surface area contributed by atoms with E-state index in [-0.39, 0.29) is 22.8 Å². The molecule has 0 bridgehead atoms. The summed E-state index contributed by atoms with van der Waals surface area (Å²) in [7, 11) is 0. The average Bonchev–Trinajstić information content (AvgIpc) is 2.67. The number of carbonyl (C=O) groups is 1. The molecule has 0 aliphatic carbocycles. The summed E-state index contributed by atoms with van der Waals surface area (Å²) in [5.41, 5.74) is -1.50. The first-order chi connectivity index (χ1) is 14.5. The van der Waals surface area contributed by atoms with Crippen molar-refractivity contribution < 1.29 is 27.6 Å². The lowest BCUT2D eigenvalue weighted by molar-refractivity contribution is -0.384. The van der Waals surface area contributed by atoms with Crippen LogP contribution in [0.15, 0.2) is 59.4 Å². The van der Waals surface area contributed by atoms with Crippen LogP contribution in [0.2, 0.25) is 0 Å². The molecule has 0 saturated heterocycles. The Kier molecular flexibility index (Phi) is 5.72. The number of alkyl halides is 3. The SMILES string of the molecule is Cc1cc(=O)c(C(=O)Nc2cccc(OC(F)(F)F)c2)nn1-c1ccccc1[N+](=O)[O-]. The highest BCUT2D eigenvalue weighted by Gasteiger charge is 2.31. The Morgan fingerprint density at radius 3 is 2.55 bits per heavy atom. The zero-order chi connectivity index (χ0) is 22.8. The second-order valence-corrected chi connectivity index (χ2v) is 6.19. The van der Waals surface area contributed by atoms with Crippen molar-refractivity contribution in [3.05, 3.63) is 86.3 Å². The standard InChI is InChI=1S/C19H13F3N4O5/c1-11-9-16(27)17(24-25(11)14-7-2-3-8-15(14)26(29)30)18(28)23-12-5-4-6-13(10-12)31-19(20,21)22/h2-10H,1H3,(H,23,28). The predicted octanol–water partition coefficient (Wildman–Crippen LogP) is 3.60. The van der Waals surface area contributed by atoms with E-state index in [1.165, 1.54) is 43.3 Å². The van der Waals surface area contributed by atoms with Crippen LogP contribution in [0.1, 0.15) is 16.2 Å². The molecule has 0 radical (unpaired) electrons. The third kappa shape index (κ3) is 5.04. The molecule has 1 aromatic heterocycles. The van der Waals surface area contributed by atoms with Crippen molar-refractivity contribution in [3.63, 3.8) is 0 Å². The number of hydrogen-bond donors (Lipinski definition) is 1. The molecule has 0 unspecified atom stereocenters. The van der Waals surface area contributed by atoms with Crippen LogP contribution in [-0.4, -0.2) is 27.0 Å². The molecule has 1 amide bonds. The van der Waals surface area contributed by atoms with E-state index in [0.29, 0.717) is 0 Å². The Morgan fingerprint density at radius 1 is 1.16 bits per heavy atom. The molecule has 0 saturated carbocycles. The minimum Gasteiger partial charge on any atom is -0.406 e. The average molecular weight is 434 g/mol. The maximum atomic E-state index is 12.6. The first kappa shape index (κ1) is 21.5. The quantitative estimate of drug-likeness (QED) is 0.485. The maximum absolute atomic E-state index is 12.6. The van der Waals surface area contributed by atoms with Gasteiger partial charge in [0.2, 0.25) is 5.43 Å². The Labute approximate surface area is 171 Å². The molecular weight excluding hydrogens is 421 g/mol. The number of rotatable bonds is 5. The van der Waals surface area contributed by atoms with Crippen LogP contribution in [0.4, 0.5) is 24.5 Å². The highest BCUT2D eigenvalue weighted by Crippen LogP contribution is 2.25. The number of ether oxygens (including phenoxy) is 1. The third-order valence-corrected chi connectivity index (χ3v) is 3.95. The van der Waals surface area contributed by atoms with Gasteiger partial charge in [-0.25, -0.2) is 4.68 Å². The van der Waals surface area contributed by atoms with Crippen LogP contribution in [0, 0.1) is 17.0 Å². The molecule has 160 valence electrons. The van der Waals surface area contributed by atoms with E-state index >= 15 is 0 Å². The second-order valence-electron chi connectivity index (χ2n) is 6.19. The van der Waals surface area contributed by atoms with Gasteiger partial charge < -0.3 is 10.1 Å². The summed E-state index contributed by atoms with van der Waals surface area (Å²) in [5, 5.41) is 17.5. The summed E-state index contributed by atoms with van der Waals surface area (Å²) in [6, 6.07) is 11.1. The fourth-order valence-electron chi connectivity index (χ4n) is 2.71. The van der Waals surface area contributed by atoms with Gasteiger partial charge in [0.05, 0.1) is 4.92 Å². The molecule has 0 aliphatic rings. The molecule has 2 aromatic carbocycles. The fraction of sp³-hybridized carbons (Fsp3) is 0.105. The molecule has 31 heavy (non-hydrogen) atoms. The summed E-state index contributed by atoms with van der Waals surface area (Å²) in [5.74, 6) is -1.58. The van der Waals surface area contributed by atoms with Gasteiger partial charge in [-0.2, -0.15) is 5.10 Å². The molecule has 3 aromatic rings. The Balaban J connectivity index is 1.97. The molecule has 0 atom stereocenters. The number of amides is 1. The summed E-state index contributed by atoms with van der Waals surface area (Å²) >= 11 is 0. The lowest BCUT2D eigenvalue weighted by atomic mass is 10.2. The van der Waals surface area contributed by atoms with Crippen molar-refractivity contribution in [2.75, 3.05) is 5.32 Å². The number of anilines is 1. The van der Waals surface area contributed by atoms with Gasteiger partial charge in [-0.05, 0) is 25.1 Å². The minimum absolute atomic E-state index is 0.0274. The maximum Gasteiger partial charge on any atom is 0.573 e. The molecular formula is C19H13F3N4O5. The van der Waals surface area contributed by atoms with Gasteiger partial charge in [0, 0.05) is 29.6 Å². The van der Waals surface area contributed by atoms with Crippen molar-refractivity contribution in [2.45, 2.75) is 13.3 Å².